The first-order valence-corrected chi connectivity index (χ1v) is 3.92. The van der Waals surface area contributed by atoms with E-state index >= 15 is 0 Å². The molecule has 0 aromatic heterocycles. The molecule has 0 amide bonds. The number of halogens is 1. The van der Waals surface area contributed by atoms with Gasteiger partial charge in [-0.25, -0.2) is 4.79 Å². The highest BCUT2D eigenvalue weighted by Gasteiger charge is 1.91. The summed E-state index contributed by atoms with van der Waals surface area (Å²) >= 11 is 0. The number of aliphatic carboxylic acids is 1. The Morgan fingerprint density at radius 3 is 2.79 bits per heavy atom. The number of hydrogen-bond donors (Lipinski definition) is 2. The van der Waals surface area contributed by atoms with E-state index < -0.39 is 5.97 Å². The van der Waals surface area contributed by atoms with Gasteiger partial charge in [-0.1, -0.05) is 24.3 Å². The molecule has 4 heteroatoms. The fraction of sp³-hybridized carbons (Fsp3) is 0.100. The normalized spacial score (nSPS) is 9.79. The van der Waals surface area contributed by atoms with Crippen LogP contribution in [0.4, 0.5) is 0 Å². The van der Waals surface area contributed by atoms with Crippen LogP contribution in [0.2, 0.25) is 0 Å². The van der Waals surface area contributed by atoms with Crippen molar-refractivity contribution in [3.63, 3.8) is 0 Å². The summed E-state index contributed by atoms with van der Waals surface area (Å²) < 4.78 is 0. The topological polar surface area (TPSA) is 63.3 Å². The van der Waals surface area contributed by atoms with Crippen LogP contribution in [-0.2, 0) is 11.3 Å². The van der Waals surface area contributed by atoms with Crippen molar-refractivity contribution in [2.24, 2.45) is 5.73 Å². The summed E-state index contributed by atoms with van der Waals surface area (Å²) in [4.78, 5) is 10.2. The van der Waals surface area contributed by atoms with Gasteiger partial charge >= 0.3 is 5.97 Å². The number of rotatable bonds is 3. The monoisotopic (exact) mass is 213 g/mol. The molecule has 0 bridgehead atoms. The molecule has 0 saturated heterocycles. The Balaban J connectivity index is 0.00000169. The van der Waals surface area contributed by atoms with Crippen LogP contribution in [0.5, 0.6) is 0 Å². The largest absolute Gasteiger partial charge is 0.478 e. The van der Waals surface area contributed by atoms with E-state index in [-0.39, 0.29) is 12.4 Å². The third-order valence-corrected chi connectivity index (χ3v) is 1.61. The SMILES string of the molecule is Cl.NCc1cccc(/C=C/C(=O)O)c1. The molecule has 1 aromatic rings. The minimum Gasteiger partial charge on any atom is -0.478 e. The Morgan fingerprint density at radius 1 is 1.50 bits per heavy atom. The number of benzene rings is 1. The van der Waals surface area contributed by atoms with E-state index in [9.17, 15) is 4.79 Å². The van der Waals surface area contributed by atoms with Crippen molar-refractivity contribution in [2.75, 3.05) is 0 Å². The minimum absolute atomic E-state index is 0. The number of carboxylic acids is 1. The molecular formula is C10H12ClNO2. The maximum atomic E-state index is 10.2. The lowest BCUT2D eigenvalue weighted by molar-refractivity contribution is -0.131. The molecule has 14 heavy (non-hydrogen) atoms. The highest BCUT2D eigenvalue weighted by atomic mass is 35.5. The molecule has 0 fully saturated rings. The fourth-order valence-corrected chi connectivity index (χ4v) is 0.991. The van der Waals surface area contributed by atoms with Crippen LogP contribution in [0, 0.1) is 0 Å². The summed E-state index contributed by atoms with van der Waals surface area (Å²) in [7, 11) is 0. The van der Waals surface area contributed by atoms with Gasteiger partial charge in [-0.3, -0.25) is 0 Å². The van der Waals surface area contributed by atoms with Crippen LogP contribution in [0.1, 0.15) is 11.1 Å². The van der Waals surface area contributed by atoms with Crippen LogP contribution >= 0.6 is 12.4 Å². The first kappa shape index (κ1) is 12.7. The van der Waals surface area contributed by atoms with Gasteiger partial charge in [-0.15, -0.1) is 12.4 Å². The summed E-state index contributed by atoms with van der Waals surface area (Å²) in [6, 6.07) is 7.44. The predicted octanol–water partition coefficient (Wildman–Crippen LogP) is 1.66. The van der Waals surface area contributed by atoms with E-state index in [1.807, 2.05) is 24.3 Å². The molecule has 0 aliphatic heterocycles. The van der Waals surface area contributed by atoms with Crippen LogP contribution in [0.15, 0.2) is 30.3 Å². The number of hydrogen-bond acceptors (Lipinski definition) is 2. The fourth-order valence-electron chi connectivity index (χ4n) is 0.991. The van der Waals surface area contributed by atoms with Crippen molar-refractivity contribution in [2.45, 2.75) is 6.54 Å². The first-order chi connectivity index (χ1) is 6.22. The lowest BCUT2D eigenvalue weighted by atomic mass is 10.1. The zero-order chi connectivity index (χ0) is 9.68. The smallest absolute Gasteiger partial charge is 0.328 e. The van der Waals surface area contributed by atoms with Gasteiger partial charge in [0.1, 0.15) is 0 Å². The van der Waals surface area contributed by atoms with Crippen molar-refractivity contribution in [3.8, 4) is 0 Å². The molecule has 0 aliphatic rings. The van der Waals surface area contributed by atoms with Crippen molar-refractivity contribution >= 4 is 24.5 Å². The van der Waals surface area contributed by atoms with E-state index in [2.05, 4.69) is 0 Å². The summed E-state index contributed by atoms with van der Waals surface area (Å²) in [6.07, 6.45) is 2.65. The van der Waals surface area contributed by atoms with Gasteiger partial charge in [0.15, 0.2) is 0 Å². The van der Waals surface area contributed by atoms with Crippen LogP contribution < -0.4 is 5.73 Å². The van der Waals surface area contributed by atoms with Gasteiger partial charge in [-0.05, 0) is 17.2 Å². The molecule has 3 nitrogen and oxygen atoms in total. The molecule has 0 unspecified atom stereocenters. The Morgan fingerprint density at radius 2 is 2.21 bits per heavy atom. The molecule has 0 saturated carbocycles. The van der Waals surface area contributed by atoms with Gasteiger partial charge in [0.2, 0.25) is 0 Å². The lowest BCUT2D eigenvalue weighted by Gasteiger charge is -1.97. The van der Waals surface area contributed by atoms with Gasteiger partial charge in [0.25, 0.3) is 0 Å². The Labute approximate surface area is 88.7 Å². The van der Waals surface area contributed by atoms with Crippen molar-refractivity contribution in [1.29, 1.82) is 0 Å². The van der Waals surface area contributed by atoms with E-state index in [4.69, 9.17) is 10.8 Å². The van der Waals surface area contributed by atoms with Crippen molar-refractivity contribution in [1.82, 2.24) is 0 Å². The Bertz CT molecular complexity index is 337. The maximum Gasteiger partial charge on any atom is 0.328 e. The third-order valence-electron chi connectivity index (χ3n) is 1.61. The molecular weight excluding hydrogens is 202 g/mol. The third kappa shape index (κ3) is 4.07. The molecule has 1 aromatic carbocycles. The standard InChI is InChI=1S/C10H11NO2.ClH/c11-7-9-3-1-2-8(6-9)4-5-10(12)13;/h1-6H,7,11H2,(H,12,13);1H/b5-4+;. The van der Waals surface area contributed by atoms with Gasteiger partial charge < -0.3 is 10.8 Å². The molecule has 76 valence electrons. The van der Waals surface area contributed by atoms with Gasteiger partial charge in [0, 0.05) is 12.6 Å². The molecule has 3 N–H and O–H groups in total. The summed E-state index contributed by atoms with van der Waals surface area (Å²) in [5.74, 6) is -0.946. The average Bonchev–Trinajstić information content (AvgIpc) is 2.15. The molecule has 1 rings (SSSR count). The summed E-state index contributed by atoms with van der Waals surface area (Å²) in [5.41, 5.74) is 7.28. The van der Waals surface area contributed by atoms with E-state index in [0.717, 1.165) is 17.2 Å². The first-order valence-electron chi connectivity index (χ1n) is 3.92. The zero-order valence-corrected chi connectivity index (χ0v) is 8.33. The van der Waals surface area contributed by atoms with E-state index in [1.165, 1.54) is 0 Å². The van der Waals surface area contributed by atoms with Crippen LogP contribution in [0.25, 0.3) is 6.08 Å². The molecule has 0 heterocycles. The lowest BCUT2D eigenvalue weighted by Crippen LogP contribution is -1.95. The second-order valence-electron chi connectivity index (χ2n) is 2.62. The predicted molar refractivity (Wildman–Crippen MR) is 58.3 cm³/mol. The maximum absolute atomic E-state index is 10.2. The Kier molecular flexibility index (Phi) is 5.60. The van der Waals surface area contributed by atoms with Gasteiger partial charge in [0.05, 0.1) is 0 Å². The van der Waals surface area contributed by atoms with Crippen molar-refractivity contribution in [3.05, 3.63) is 41.5 Å². The van der Waals surface area contributed by atoms with Crippen molar-refractivity contribution < 1.29 is 9.90 Å². The van der Waals surface area contributed by atoms with Gasteiger partial charge in [-0.2, -0.15) is 0 Å². The zero-order valence-electron chi connectivity index (χ0n) is 7.51. The second-order valence-corrected chi connectivity index (χ2v) is 2.62. The van der Waals surface area contributed by atoms with E-state index in [0.29, 0.717) is 6.54 Å². The summed E-state index contributed by atoms with van der Waals surface area (Å²) in [5, 5.41) is 8.39. The highest BCUT2D eigenvalue weighted by molar-refractivity contribution is 5.85. The average molecular weight is 214 g/mol. The molecule has 0 radical (unpaired) electrons. The van der Waals surface area contributed by atoms with Crippen LogP contribution in [-0.4, -0.2) is 11.1 Å². The Hall–Kier alpha value is -1.32. The number of nitrogens with two attached hydrogens (primary N) is 1. The highest BCUT2D eigenvalue weighted by Crippen LogP contribution is 2.06. The quantitative estimate of drug-likeness (QED) is 0.751. The molecule has 0 spiro atoms. The van der Waals surface area contributed by atoms with Crippen LogP contribution in [0.3, 0.4) is 0 Å². The van der Waals surface area contributed by atoms with E-state index in [1.54, 1.807) is 6.08 Å². The molecule has 0 atom stereocenters. The summed E-state index contributed by atoms with van der Waals surface area (Å²) in [6.45, 7) is 0.467. The molecule has 0 aliphatic carbocycles. The number of carbonyl (C=O) groups is 1. The minimum atomic E-state index is -0.946. The number of carboxylic acid groups (broad SMARTS) is 1. The second kappa shape index (κ2) is 6.18.